The molecule has 2 N–H and O–H groups in total. The molecule has 0 aliphatic rings. The maximum absolute atomic E-state index is 12.8. The molecule has 4 nitrogen and oxygen atoms in total. The molecule has 0 saturated heterocycles. The first-order chi connectivity index (χ1) is 12.6. The molecule has 2 aromatic carbocycles. The first-order valence-electron chi connectivity index (χ1n) is 7.58. The highest BCUT2D eigenvalue weighted by molar-refractivity contribution is 5.89. The van der Waals surface area contributed by atoms with Crippen LogP contribution in [0.25, 0.3) is 0 Å². The molecule has 0 aliphatic carbocycles. The number of nitrogens with one attached hydrogen (secondary N) is 2. The van der Waals surface area contributed by atoms with Crippen LogP contribution in [0, 0.1) is 0 Å². The molecule has 0 spiro atoms. The van der Waals surface area contributed by atoms with Crippen LogP contribution in [0.2, 0.25) is 0 Å². The topological polar surface area (TPSA) is 50.4 Å². The van der Waals surface area contributed by atoms with E-state index in [1.807, 2.05) is 5.32 Å². The third kappa shape index (κ3) is 6.39. The van der Waals surface area contributed by atoms with E-state index in [4.69, 9.17) is 4.74 Å². The molecule has 2 amide bonds. The summed E-state index contributed by atoms with van der Waals surface area (Å²) in [5.41, 5.74) is -3.65. The second-order valence-electron chi connectivity index (χ2n) is 5.34. The summed E-state index contributed by atoms with van der Waals surface area (Å²) < 4.78 is 81.9. The predicted molar refractivity (Wildman–Crippen MR) is 85.4 cm³/mol. The number of hydrogen-bond donors (Lipinski definition) is 2. The van der Waals surface area contributed by atoms with Gasteiger partial charge in [-0.05, 0) is 30.3 Å². The summed E-state index contributed by atoms with van der Waals surface area (Å²) in [4.78, 5) is 11.7. The Morgan fingerprint density at radius 1 is 0.889 bits per heavy atom. The molecular weight excluding hydrogens is 378 g/mol. The molecule has 0 radical (unpaired) electrons. The summed E-state index contributed by atoms with van der Waals surface area (Å²) in [7, 11) is 0. The molecular formula is C17H14F6N2O2. The fourth-order valence-electron chi connectivity index (χ4n) is 2.05. The Kier molecular flexibility index (Phi) is 6.19. The van der Waals surface area contributed by atoms with Gasteiger partial charge in [-0.1, -0.05) is 18.2 Å². The van der Waals surface area contributed by atoms with Crippen LogP contribution in [0.1, 0.15) is 11.1 Å². The second-order valence-corrected chi connectivity index (χ2v) is 5.34. The third-order valence-electron chi connectivity index (χ3n) is 3.25. The van der Waals surface area contributed by atoms with Crippen molar-refractivity contribution < 1.29 is 35.9 Å². The molecule has 0 atom stereocenters. The van der Waals surface area contributed by atoms with Gasteiger partial charge in [0.1, 0.15) is 12.4 Å². The van der Waals surface area contributed by atoms with Crippen molar-refractivity contribution in [1.82, 2.24) is 5.32 Å². The number of carbonyl (C=O) groups excluding carboxylic acids is 1. The van der Waals surface area contributed by atoms with Crippen molar-refractivity contribution in [2.45, 2.75) is 12.4 Å². The number of amides is 2. The third-order valence-corrected chi connectivity index (χ3v) is 3.25. The molecule has 2 rings (SSSR count). The Bertz CT molecular complexity index is 743. The second kappa shape index (κ2) is 8.19. The van der Waals surface area contributed by atoms with Crippen molar-refractivity contribution in [2.75, 3.05) is 18.5 Å². The lowest BCUT2D eigenvalue weighted by atomic mass is 10.1. The molecule has 0 aliphatic heterocycles. The van der Waals surface area contributed by atoms with Crippen LogP contribution in [0.3, 0.4) is 0 Å². The van der Waals surface area contributed by atoms with Gasteiger partial charge in [0.25, 0.3) is 0 Å². The number of rotatable bonds is 5. The summed E-state index contributed by atoms with van der Waals surface area (Å²) in [5.74, 6) is 0.549. The minimum atomic E-state index is -4.99. The quantitative estimate of drug-likeness (QED) is 0.560. The summed E-state index contributed by atoms with van der Waals surface area (Å²) in [6.07, 6.45) is -9.98. The van der Waals surface area contributed by atoms with Gasteiger partial charge in [0.05, 0.1) is 17.7 Å². The average Bonchev–Trinajstić information content (AvgIpc) is 2.58. The lowest BCUT2D eigenvalue weighted by molar-refractivity contribution is -0.143. The zero-order chi connectivity index (χ0) is 20.1. The largest absolute Gasteiger partial charge is 0.492 e. The maximum Gasteiger partial charge on any atom is 0.416 e. The van der Waals surface area contributed by atoms with Gasteiger partial charge in [0.15, 0.2) is 0 Å². The van der Waals surface area contributed by atoms with Gasteiger partial charge in [-0.3, -0.25) is 0 Å². The van der Waals surface area contributed by atoms with E-state index in [1.54, 1.807) is 30.3 Å². The summed E-state index contributed by atoms with van der Waals surface area (Å²) in [6.45, 7) is 0.0552. The van der Waals surface area contributed by atoms with Crippen LogP contribution in [0.4, 0.5) is 36.8 Å². The van der Waals surface area contributed by atoms with Crippen LogP contribution in [-0.2, 0) is 12.4 Å². The molecule has 2 aromatic rings. The Labute approximate surface area is 150 Å². The number of benzene rings is 2. The number of halogens is 6. The van der Waals surface area contributed by atoms with E-state index >= 15 is 0 Å². The summed E-state index contributed by atoms with van der Waals surface area (Å²) in [6, 6.07) is 8.49. The van der Waals surface area contributed by atoms with Crippen LogP contribution in [0.15, 0.2) is 48.5 Å². The minimum Gasteiger partial charge on any atom is -0.492 e. The molecule has 0 fully saturated rings. The molecule has 0 aromatic heterocycles. The van der Waals surface area contributed by atoms with Crippen molar-refractivity contribution >= 4 is 11.7 Å². The first kappa shape index (κ1) is 20.4. The Balaban J connectivity index is 1.97. The van der Waals surface area contributed by atoms with Crippen molar-refractivity contribution in [3.8, 4) is 5.75 Å². The first-order valence-corrected chi connectivity index (χ1v) is 7.58. The number of alkyl halides is 6. The molecule has 27 heavy (non-hydrogen) atoms. The molecule has 146 valence electrons. The van der Waals surface area contributed by atoms with Crippen LogP contribution >= 0.6 is 0 Å². The van der Waals surface area contributed by atoms with Crippen LogP contribution in [0.5, 0.6) is 5.75 Å². The number of anilines is 1. The van der Waals surface area contributed by atoms with Crippen molar-refractivity contribution in [2.24, 2.45) is 0 Å². The van der Waals surface area contributed by atoms with E-state index in [2.05, 4.69) is 5.32 Å². The Hall–Kier alpha value is -2.91. The van der Waals surface area contributed by atoms with E-state index in [0.717, 1.165) is 0 Å². The molecule has 0 heterocycles. The SMILES string of the molecule is O=C(NCCOc1ccccc1)Nc1cc(C(F)(F)F)cc(C(F)(F)F)c1. The molecule has 0 bridgehead atoms. The fourth-order valence-corrected chi connectivity index (χ4v) is 2.05. The standard InChI is InChI=1S/C17H14F6N2O2/c18-16(19,20)11-8-12(17(21,22)23)10-13(9-11)25-15(26)24-6-7-27-14-4-2-1-3-5-14/h1-5,8-10H,6-7H2,(H2,24,25,26). The zero-order valence-corrected chi connectivity index (χ0v) is 13.6. The summed E-state index contributed by atoms with van der Waals surface area (Å²) in [5, 5.41) is 4.24. The van der Waals surface area contributed by atoms with E-state index < -0.39 is 35.2 Å². The zero-order valence-electron chi connectivity index (χ0n) is 13.6. The van der Waals surface area contributed by atoms with E-state index in [1.165, 1.54) is 0 Å². The van der Waals surface area contributed by atoms with Gasteiger partial charge in [0, 0.05) is 5.69 Å². The van der Waals surface area contributed by atoms with Gasteiger partial charge in [-0.15, -0.1) is 0 Å². The molecule has 0 unspecified atom stereocenters. The van der Waals surface area contributed by atoms with Gasteiger partial charge < -0.3 is 15.4 Å². The van der Waals surface area contributed by atoms with Gasteiger partial charge in [0.2, 0.25) is 0 Å². The van der Waals surface area contributed by atoms with Crippen molar-refractivity contribution in [3.05, 3.63) is 59.7 Å². The fraction of sp³-hybridized carbons (Fsp3) is 0.235. The normalized spacial score (nSPS) is 11.8. The maximum atomic E-state index is 12.8. The van der Waals surface area contributed by atoms with E-state index in [0.29, 0.717) is 17.9 Å². The lowest BCUT2D eigenvalue weighted by Gasteiger charge is -2.15. The number of hydrogen-bond acceptors (Lipinski definition) is 2. The van der Waals surface area contributed by atoms with E-state index in [-0.39, 0.29) is 19.2 Å². The highest BCUT2D eigenvalue weighted by atomic mass is 19.4. The minimum absolute atomic E-state index is 0.00812. The van der Waals surface area contributed by atoms with Crippen molar-refractivity contribution in [1.29, 1.82) is 0 Å². The lowest BCUT2D eigenvalue weighted by Crippen LogP contribution is -2.32. The Morgan fingerprint density at radius 3 is 1.96 bits per heavy atom. The smallest absolute Gasteiger partial charge is 0.416 e. The van der Waals surface area contributed by atoms with Crippen LogP contribution < -0.4 is 15.4 Å². The van der Waals surface area contributed by atoms with Gasteiger partial charge in [-0.2, -0.15) is 26.3 Å². The van der Waals surface area contributed by atoms with E-state index in [9.17, 15) is 31.1 Å². The highest BCUT2D eigenvalue weighted by Gasteiger charge is 2.37. The number of ether oxygens (including phenoxy) is 1. The van der Waals surface area contributed by atoms with Gasteiger partial charge >= 0.3 is 18.4 Å². The number of urea groups is 1. The summed E-state index contributed by atoms with van der Waals surface area (Å²) >= 11 is 0. The van der Waals surface area contributed by atoms with Crippen molar-refractivity contribution in [3.63, 3.8) is 0 Å². The van der Waals surface area contributed by atoms with Gasteiger partial charge in [-0.25, -0.2) is 4.79 Å². The average molecular weight is 392 g/mol. The number of para-hydroxylation sites is 1. The molecule has 10 heteroatoms. The highest BCUT2D eigenvalue weighted by Crippen LogP contribution is 2.37. The monoisotopic (exact) mass is 392 g/mol. The predicted octanol–water partition coefficient (Wildman–Crippen LogP) is 4.92. The van der Waals surface area contributed by atoms with Crippen LogP contribution in [-0.4, -0.2) is 19.2 Å². The number of carbonyl (C=O) groups is 1. The Morgan fingerprint density at radius 2 is 1.44 bits per heavy atom. The molecule has 0 saturated carbocycles.